The maximum absolute atomic E-state index is 14.7. The van der Waals surface area contributed by atoms with Gasteiger partial charge in [0, 0.05) is 12.2 Å². The number of carbonyl (C=O) groups excluding carboxylic acids is 3. The summed E-state index contributed by atoms with van der Waals surface area (Å²) in [5.41, 5.74) is -3.25. The van der Waals surface area contributed by atoms with Gasteiger partial charge in [0.1, 0.15) is 17.6 Å². The van der Waals surface area contributed by atoms with Gasteiger partial charge in [0.15, 0.2) is 16.4 Å². The lowest BCUT2D eigenvalue weighted by Crippen LogP contribution is -2.55. The molecule has 1 spiro atoms. The summed E-state index contributed by atoms with van der Waals surface area (Å²) in [6.45, 7) is 4.99. The average Bonchev–Trinajstić information content (AvgIpc) is 3.72. The summed E-state index contributed by atoms with van der Waals surface area (Å²) < 4.78 is 94.3. The summed E-state index contributed by atoms with van der Waals surface area (Å²) in [5, 5.41) is 3.78. The first kappa shape index (κ1) is 35.6. The summed E-state index contributed by atoms with van der Waals surface area (Å²) in [4.78, 5) is 47.1. The highest BCUT2D eigenvalue weighted by atomic mass is 32.2. The molecular weight excluding hydrogens is 697 g/mol. The molecule has 270 valence electrons. The van der Waals surface area contributed by atoms with Crippen molar-refractivity contribution in [1.29, 1.82) is 0 Å². The Morgan fingerprint density at radius 2 is 1.65 bits per heavy atom. The zero-order valence-corrected chi connectivity index (χ0v) is 28.9. The van der Waals surface area contributed by atoms with Gasteiger partial charge in [-0.05, 0) is 57.4 Å². The number of para-hydroxylation sites is 1. The molecule has 0 saturated carbocycles. The third kappa shape index (κ3) is 5.45. The van der Waals surface area contributed by atoms with Crippen molar-refractivity contribution in [2.75, 3.05) is 25.2 Å². The first-order valence-electron chi connectivity index (χ1n) is 15.9. The standard InChI is InChI=1S/C34H33F3N4O9S/c1-6-48-30(43)25-26(31(44)49-7-2)38-32-33(16-24(29(42)47-5)41(32)51(45,46)27-18(3)39-50-19(27)4)22-14-10-11-15-23(22)40(28(25)33)17-20-12-8-9-13-21(20)34(35,36)37/h8-15,24,28H,6-7,16-17H2,1-5H3/t24-,28?,33-/m0/s1. The van der Waals surface area contributed by atoms with Gasteiger partial charge in [0.05, 0.1) is 42.9 Å². The van der Waals surface area contributed by atoms with E-state index in [1.165, 1.54) is 50.8 Å². The Hall–Kier alpha value is -5.19. The number of halogens is 3. The van der Waals surface area contributed by atoms with Crippen molar-refractivity contribution in [2.24, 2.45) is 4.99 Å². The number of esters is 3. The number of methoxy groups -OCH3 is 1. The molecule has 3 aromatic rings. The van der Waals surface area contributed by atoms with Crippen LogP contribution in [0.3, 0.4) is 0 Å². The highest BCUT2D eigenvalue weighted by molar-refractivity contribution is 7.89. The Balaban J connectivity index is 1.72. The molecule has 1 fully saturated rings. The van der Waals surface area contributed by atoms with Crippen LogP contribution in [0.1, 0.15) is 48.4 Å². The fraction of sp³-hybridized carbons (Fsp3) is 0.382. The van der Waals surface area contributed by atoms with E-state index in [0.29, 0.717) is 11.3 Å². The highest BCUT2D eigenvalue weighted by Gasteiger charge is 2.69. The number of alkyl halides is 3. The van der Waals surface area contributed by atoms with Crippen LogP contribution in [0.2, 0.25) is 0 Å². The van der Waals surface area contributed by atoms with Crippen molar-refractivity contribution in [2.45, 2.75) is 69.2 Å². The van der Waals surface area contributed by atoms with Crippen molar-refractivity contribution >= 4 is 39.5 Å². The van der Waals surface area contributed by atoms with Crippen molar-refractivity contribution in [3.05, 3.63) is 87.9 Å². The Bertz CT molecular complexity index is 2090. The predicted octanol–water partition coefficient (Wildman–Crippen LogP) is 4.37. The smallest absolute Gasteiger partial charge is 0.416 e. The van der Waals surface area contributed by atoms with E-state index in [0.717, 1.165) is 17.5 Å². The molecule has 2 aromatic carbocycles. The Kier molecular flexibility index (Phi) is 8.98. The molecule has 4 heterocycles. The number of aryl methyl sites for hydroxylation is 2. The van der Waals surface area contributed by atoms with E-state index in [1.54, 1.807) is 24.3 Å². The molecule has 3 atom stereocenters. The zero-order valence-electron chi connectivity index (χ0n) is 28.1. The Morgan fingerprint density at radius 3 is 2.27 bits per heavy atom. The van der Waals surface area contributed by atoms with Crippen LogP contribution in [0.25, 0.3) is 0 Å². The molecule has 0 bridgehead atoms. The van der Waals surface area contributed by atoms with E-state index >= 15 is 0 Å². The second-order valence-corrected chi connectivity index (χ2v) is 13.8. The van der Waals surface area contributed by atoms with Crippen LogP contribution in [-0.4, -0.2) is 74.0 Å². The van der Waals surface area contributed by atoms with Crippen LogP contribution in [0.5, 0.6) is 0 Å². The minimum atomic E-state index is -4.80. The van der Waals surface area contributed by atoms with Crippen LogP contribution in [-0.2, 0) is 56.8 Å². The van der Waals surface area contributed by atoms with Crippen LogP contribution in [0.4, 0.5) is 18.9 Å². The SMILES string of the molecule is CCOC(=O)C1=C(C(=O)OCC)C2N(Cc3ccccc3C(F)(F)F)c3ccccc3[C@@]23C[C@@H](C(=O)OC)N(S(=O)(=O)c2c(C)noc2C)C3=N1. The van der Waals surface area contributed by atoms with Gasteiger partial charge in [-0.1, -0.05) is 41.6 Å². The number of nitrogens with zero attached hydrogens (tertiary/aromatic N) is 4. The molecule has 1 unspecified atom stereocenters. The first-order chi connectivity index (χ1) is 24.1. The number of hydrogen-bond donors (Lipinski definition) is 0. The molecule has 51 heavy (non-hydrogen) atoms. The number of amidine groups is 1. The second-order valence-electron chi connectivity index (χ2n) is 12.0. The van der Waals surface area contributed by atoms with E-state index in [9.17, 15) is 36.0 Å². The van der Waals surface area contributed by atoms with Gasteiger partial charge in [0.25, 0.3) is 10.0 Å². The van der Waals surface area contributed by atoms with E-state index in [1.807, 2.05) is 0 Å². The number of anilines is 1. The molecule has 1 aromatic heterocycles. The molecule has 0 N–H and O–H groups in total. The van der Waals surface area contributed by atoms with Gasteiger partial charge in [-0.25, -0.2) is 32.1 Å². The quantitative estimate of drug-likeness (QED) is 0.228. The van der Waals surface area contributed by atoms with Gasteiger partial charge in [-0.3, -0.25) is 0 Å². The zero-order chi connectivity index (χ0) is 37.0. The molecule has 0 aliphatic carbocycles. The minimum absolute atomic E-state index is 0.0318. The molecule has 3 aliphatic rings. The summed E-state index contributed by atoms with van der Waals surface area (Å²) in [7, 11) is -3.74. The van der Waals surface area contributed by atoms with Gasteiger partial charge < -0.3 is 23.6 Å². The second kappa shape index (κ2) is 12.9. The van der Waals surface area contributed by atoms with Gasteiger partial charge >= 0.3 is 24.1 Å². The summed E-state index contributed by atoms with van der Waals surface area (Å²) in [6.07, 6.45) is -5.15. The van der Waals surface area contributed by atoms with Gasteiger partial charge in [0.2, 0.25) is 0 Å². The van der Waals surface area contributed by atoms with E-state index < -0.39 is 69.4 Å². The maximum Gasteiger partial charge on any atom is 0.416 e. The number of ether oxygens (including phenoxy) is 3. The maximum atomic E-state index is 14.7. The third-order valence-corrected chi connectivity index (χ3v) is 11.3. The number of sulfonamides is 1. The normalized spacial score (nSPS) is 21.1. The van der Waals surface area contributed by atoms with Crippen molar-refractivity contribution < 1.29 is 54.7 Å². The largest absolute Gasteiger partial charge is 0.467 e. The fourth-order valence-corrected chi connectivity index (χ4v) is 9.33. The lowest BCUT2D eigenvalue weighted by molar-refractivity contribution is -0.144. The number of rotatable bonds is 9. The molecule has 3 aliphatic heterocycles. The monoisotopic (exact) mass is 730 g/mol. The third-order valence-electron chi connectivity index (χ3n) is 9.21. The van der Waals surface area contributed by atoms with E-state index in [2.05, 4.69) is 10.1 Å². The topological polar surface area (TPSA) is 158 Å². The number of carbonyl (C=O) groups is 3. The molecule has 13 nitrogen and oxygen atoms in total. The summed E-state index contributed by atoms with van der Waals surface area (Å²) in [5.74, 6) is -3.60. The van der Waals surface area contributed by atoms with E-state index in [4.69, 9.17) is 18.7 Å². The molecule has 0 radical (unpaired) electrons. The summed E-state index contributed by atoms with van der Waals surface area (Å²) in [6, 6.07) is 8.29. The molecular formula is C34H33F3N4O9S. The fourth-order valence-electron chi connectivity index (χ4n) is 7.39. The van der Waals surface area contributed by atoms with Crippen molar-refractivity contribution in [1.82, 2.24) is 9.46 Å². The average molecular weight is 731 g/mol. The molecule has 17 heteroatoms. The van der Waals surface area contributed by atoms with Gasteiger partial charge in [-0.15, -0.1) is 0 Å². The first-order valence-corrected chi connectivity index (χ1v) is 17.3. The van der Waals surface area contributed by atoms with Crippen molar-refractivity contribution in [3.63, 3.8) is 0 Å². The van der Waals surface area contributed by atoms with Crippen LogP contribution in [0, 0.1) is 13.8 Å². The number of fused-ring (bicyclic) bond motifs is 1. The van der Waals surface area contributed by atoms with Crippen molar-refractivity contribution in [3.8, 4) is 0 Å². The molecule has 1 saturated heterocycles. The molecule has 0 amide bonds. The number of hydrogen-bond acceptors (Lipinski definition) is 12. The Labute approximate surface area is 290 Å². The lowest BCUT2D eigenvalue weighted by atomic mass is 9.69. The minimum Gasteiger partial charge on any atom is -0.467 e. The van der Waals surface area contributed by atoms with Crippen LogP contribution >= 0.6 is 0 Å². The molecule has 6 rings (SSSR count). The number of aromatic nitrogens is 1. The predicted molar refractivity (Wildman–Crippen MR) is 173 cm³/mol. The van der Waals surface area contributed by atoms with Gasteiger partial charge in [-0.2, -0.15) is 13.2 Å². The lowest BCUT2D eigenvalue weighted by Gasteiger charge is -2.41. The van der Waals surface area contributed by atoms with Crippen LogP contribution < -0.4 is 4.90 Å². The number of aliphatic imine (C=N–C) groups is 1. The van der Waals surface area contributed by atoms with Crippen LogP contribution in [0.15, 0.2) is 74.2 Å². The number of benzene rings is 2. The Morgan fingerprint density at radius 1 is 1.00 bits per heavy atom. The summed E-state index contributed by atoms with van der Waals surface area (Å²) >= 11 is 0. The highest BCUT2D eigenvalue weighted by Crippen LogP contribution is 2.59. The van der Waals surface area contributed by atoms with E-state index in [-0.39, 0.29) is 53.0 Å².